The molecule has 0 fully saturated rings. The molecule has 2 radical (unpaired) electrons. The molecule has 26 valence electrons. The predicted molar refractivity (Wildman–Crippen MR) is 14.6 cm³/mol. The summed E-state index contributed by atoms with van der Waals surface area (Å²) in [5, 5.41) is 6.25. The molecular formula is CH3FeKNSn-. The van der Waals surface area contributed by atoms with E-state index in [0.29, 0.717) is 0 Å². The Bertz CT molecular complexity index is 20.3. The zero-order valence-electron chi connectivity index (χ0n) is 4.01. The fourth-order valence-electron chi connectivity index (χ4n) is 0. The summed E-state index contributed by atoms with van der Waals surface area (Å²) in [5.74, 6) is 0. The van der Waals surface area contributed by atoms with E-state index in [-0.39, 0.29) is 93.8 Å². The molecule has 0 aliphatic rings. The maximum atomic E-state index is 6.25. The Labute approximate surface area is 103 Å². The van der Waals surface area contributed by atoms with Crippen LogP contribution in [0.2, 0.25) is 0 Å². The van der Waals surface area contributed by atoms with Crippen LogP contribution in [0.1, 0.15) is 1.43 Å². The second kappa shape index (κ2) is 32.0. The van der Waals surface area contributed by atoms with Gasteiger partial charge in [0.25, 0.3) is 0 Å². The van der Waals surface area contributed by atoms with Gasteiger partial charge in [-0.25, -0.2) is 0 Å². The molecule has 0 aromatic heterocycles. The summed E-state index contributed by atoms with van der Waals surface area (Å²) in [6.45, 7) is 4.75. The van der Waals surface area contributed by atoms with Crippen LogP contribution < -0.4 is 51.4 Å². The third-order valence-electron chi connectivity index (χ3n) is 0. The first-order valence-electron chi connectivity index (χ1n) is 0.224. The van der Waals surface area contributed by atoms with Crippen molar-refractivity contribution in [3.63, 3.8) is 0 Å². The Hall–Kier alpha value is 2.44. The van der Waals surface area contributed by atoms with Crippen molar-refractivity contribution >= 4 is 23.9 Å². The third-order valence-corrected chi connectivity index (χ3v) is 0. The van der Waals surface area contributed by atoms with Gasteiger partial charge in [0.15, 0.2) is 0 Å². The van der Waals surface area contributed by atoms with Gasteiger partial charge in [-0.2, -0.15) is 0 Å². The molecular weight excluding hydrogens is 240 g/mol. The Balaban J connectivity index is -0.000000000833. The van der Waals surface area contributed by atoms with Crippen LogP contribution in [0.4, 0.5) is 0 Å². The first-order chi connectivity index (χ1) is 1.00. The van der Waals surface area contributed by atoms with Gasteiger partial charge in [-0.05, 0) is 0 Å². The van der Waals surface area contributed by atoms with Crippen LogP contribution in [-0.2, 0) is 17.1 Å². The molecule has 0 aliphatic heterocycles. The van der Waals surface area contributed by atoms with Crippen molar-refractivity contribution < 1.29 is 69.9 Å². The molecule has 4 heteroatoms. The van der Waals surface area contributed by atoms with Crippen molar-refractivity contribution in [3.05, 3.63) is 6.57 Å². The van der Waals surface area contributed by atoms with E-state index >= 15 is 0 Å². The number of nitrogens with zero attached hydrogens (tertiary/aromatic N) is 1. The molecule has 0 saturated heterocycles. The van der Waals surface area contributed by atoms with Gasteiger partial charge in [0.1, 0.15) is 0 Å². The quantitative estimate of drug-likeness (QED) is 0.317. The monoisotopic (exact) mass is 244 g/mol. The van der Waals surface area contributed by atoms with Crippen molar-refractivity contribution in [1.82, 2.24) is 0 Å². The molecule has 0 bridgehead atoms. The Morgan fingerprint density at radius 2 is 1.40 bits per heavy atom. The van der Waals surface area contributed by atoms with Crippen LogP contribution in [-0.4, -0.2) is 23.9 Å². The van der Waals surface area contributed by atoms with Gasteiger partial charge < -0.3 is 13.3 Å². The van der Waals surface area contributed by atoms with Gasteiger partial charge >= 0.3 is 75.3 Å². The van der Waals surface area contributed by atoms with Crippen LogP contribution in [0.25, 0.3) is 0 Å². The summed E-state index contributed by atoms with van der Waals surface area (Å²) >= 11 is 0. The fourth-order valence-corrected chi connectivity index (χ4v) is 0. The molecule has 0 aromatic carbocycles. The second-order valence-electron chi connectivity index (χ2n) is 0. The fraction of sp³-hybridized carbons (Fsp3) is 0. The zero-order chi connectivity index (χ0) is 2.00. The van der Waals surface area contributed by atoms with Crippen molar-refractivity contribution in [3.8, 4) is 0 Å². The van der Waals surface area contributed by atoms with E-state index in [1.54, 1.807) is 0 Å². The summed E-state index contributed by atoms with van der Waals surface area (Å²) in [6.07, 6.45) is 0. The predicted octanol–water partition coefficient (Wildman–Crippen LogP) is -3.71. The van der Waals surface area contributed by atoms with Gasteiger partial charge in [-0.15, -0.1) is 0 Å². The molecule has 0 aromatic rings. The summed E-state index contributed by atoms with van der Waals surface area (Å²) in [7, 11) is 0. The van der Waals surface area contributed by atoms with E-state index in [4.69, 9.17) is 11.8 Å². The maximum absolute atomic E-state index is 6.25. The molecule has 0 heterocycles. The van der Waals surface area contributed by atoms with Crippen LogP contribution in [0.5, 0.6) is 0 Å². The SMILES string of the molecule is [C-]#N.[Fe].[H-].[K+].[SnH2]. The van der Waals surface area contributed by atoms with Crippen LogP contribution >= 0.6 is 0 Å². The van der Waals surface area contributed by atoms with E-state index < -0.39 is 0 Å². The molecule has 5 heavy (non-hydrogen) atoms. The molecule has 0 rings (SSSR count). The topological polar surface area (TPSA) is 23.8 Å². The van der Waals surface area contributed by atoms with Crippen LogP contribution in [0.3, 0.4) is 0 Å². The normalized spacial score (nSPS) is 0.400. The van der Waals surface area contributed by atoms with Crippen molar-refractivity contribution in [1.29, 1.82) is 5.26 Å². The van der Waals surface area contributed by atoms with E-state index in [9.17, 15) is 0 Å². The van der Waals surface area contributed by atoms with Crippen molar-refractivity contribution in [2.45, 2.75) is 0 Å². The average Bonchev–Trinajstić information content (AvgIpc) is 1.00. The Morgan fingerprint density at radius 3 is 1.40 bits per heavy atom. The van der Waals surface area contributed by atoms with Gasteiger partial charge in [0, 0.05) is 17.1 Å². The van der Waals surface area contributed by atoms with E-state index in [0.717, 1.165) is 0 Å². The van der Waals surface area contributed by atoms with Crippen LogP contribution in [0, 0.1) is 11.8 Å². The van der Waals surface area contributed by atoms with E-state index in [1.165, 1.54) is 0 Å². The molecule has 0 spiro atoms. The van der Waals surface area contributed by atoms with Crippen molar-refractivity contribution in [2.24, 2.45) is 0 Å². The van der Waals surface area contributed by atoms with E-state index in [1.807, 2.05) is 0 Å². The Morgan fingerprint density at radius 1 is 1.40 bits per heavy atom. The van der Waals surface area contributed by atoms with Crippen molar-refractivity contribution in [2.75, 3.05) is 0 Å². The summed E-state index contributed by atoms with van der Waals surface area (Å²) in [6, 6.07) is 0. The van der Waals surface area contributed by atoms with E-state index in [2.05, 4.69) is 0 Å². The molecule has 0 saturated carbocycles. The number of hydrogen-bond donors (Lipinski definition) is 0. The number of hydrogen-bond acceptors (Lipinski definition) is 1. The minimum atomic E-state index is 0. The summed E-state index contributed by atoms with van der Waals surface area (Å²) < 4.78 is 0. The standard InChI is InChI=1S/CN.Fe.K.Sn.3H/c1-2;;;;;;/q-1;;+1;;;;-1. The number of rotatable bonds is 0. The molecule has 0 aliphatic carbocycles. The third kappa shape index (κ3) is 21.3. The Kier molecular flexibility index (Phi) is 167. The molecule has 0 unspecified atom stereocenters. The minimum absolute atomic E-state index is 0. The van der Waals surface area contributed by atoms with Gasteiger partial charge in [-0.3, -0.25) is 0 Å². The van der Waals surface area contributed by atoms with Crippen LogP contribution in [0.15, 0.2) is 0 Å². The van der Waals surface area contributed by atoms with Gasteiger partial charge in [0.2, 0.25) is 0 Å². The van der Waals surface area contributed by atoms with Gasteiger partial charge in [-0.1, -0.05) is 0 Å². The summed E-state index contributed by atoms with van der Waals surface area (Å²) in [4.78, 5) is 0. The van der Waals surface area contributed by atoms with Gasteiger partial charge in [0.05, 0.1) is 0 Å². The molecule has 1 nitrogen and oxygen atoms in total. The average molecular weight is 243 g/mol. The molecule has 0 N–H and O–H groups in total. The first-order valence-corrected chi connectivity index (χ1v) is 0.224. The molecule has 0 atom stereocenters. The summed E-state index contributed by atoms with van der Waals surface area (Å²) in [5.41, 5.74) is 0. The first kappa shape index (κ1) is 26.1. The zero-order valence-corrected chi connectivity index (χ0v) is 11.3. The molecule has 0 amide bonds. The second-order valence-corrected chi connectivity index (χ2v) is 0.